The minimum atomic E-state index is -0.0974. The highest BCUT2D eigenvalue weighted by Crippen LogP contribution is 2.27. The normalized spacial score (nSPS) is 10.9. The van der Waals surface area contributed by atoms with Crippen LogP contribution in [-0.4, -0.2) is 39.2 Å². The number of carbonyl (C=O) groups is 2. The number of hydrogen-bond donors (Lipinski definition) is 1. The molecule has 0 unspecified atom stereocenters. The summed E-state index contributed by atoms with van der Waals surface area (Å²) in [6.45, 7) is 0.613. The van der Waals surface area contributed by atoms with Gasteiger partial charge in [0, 0.05) is 18.6 Å². The smallest absolute Gasteiger partial charge is 0.261 e. The number of hydrogen-bond acceptors (Lipinski definition) is 5. The molecule has 0 atom stereocenters. The van der Waals surface area contributed by atoms with Crippen LogP contribution in [0.25, 0.3) is 16.2 Å². The van der Waals surface area contributed by atoms with E-state index in [0.29, 0.717) is 34.2 Å². The lowest BCUT2D eigenvalue weighted by atomic mass is 10.3. The monoisotopic (exact) mass is 362 g/mol. The lowest BCUT2D eigenvalue weighted by Crippen LogP contribution is -2.23. The van der Waals surface area contributed by atoms with Gasteiger partial charge in [-0.15, -0.1) is 22.9 Å². The molecule has 0 radical (unpaired) electrons. The Balaban J connectivity index is 1.77. The van der Waals surface area contributed by atoms with E-state index in [9.17, 15) is 9.59 Å². The molecule has 8 heteroatoms. The molecule has 0 saturated carbocycles. The first-order chi connectivity index (χ1) is 11.7. The zero-order valence-electron chi connectivity index (χ0n) is 12.7. The molecule has 3 rings (SSSR count). The van der Waals surface area contributed by atoms with Crippen LogP contribution in [0.1, 0.15) is 32.9 Å². The van der Waals surface area contributed by atoms with Gasteiger partial charge in [-0.2, -0.15) is 5.10 Å². The minimum absolute atomic E-state index is 0.0974. The van der Waals surface area contributed by atoms with Crippen LogP contribution in [0.15, 0.2) is 30.6 Å². The van der Waals surface area contributed by atoms with Crippen molar-refractivity contribution in [1.82, 2.24) is 19.9 Å². The Morgan fingerprint density at radius 2 is 2.21 bits per heavy atom. The number of rotatable bonds is 7. The van der Waals surface area contributed by atoms with Crippen molar-refractivity contribution in [2.75, 3.05) is 12.4 Å². The molecule has 0 aliphatic rings. The van der Waals surface area contributed by atoms with Crippen molar-refractivity contribution in [2.45, 2.75) is 12.8 Å². The Kier molecular flexibility index (Phi) is 5.22. The number of aldehydes is 1. The van der Waals surface area contributed by atoms with Gasteiger partial charge in [0.25, 0.3) is 5.91 Å². The third kappa shape index (κ3) is 3.47. The van der Waals surface area contributed by atoms with Gasteiger partial charge >= 0.3 is 0 Å². The number of aromatic nitrogens is 3. The van der Waals surface area contributed by atoms with Crippen LogP contribution in [0.4, 0.5) is 0 Å². The van der Waals surface area contributed by atoms with Gasteiger partial charge in [-0.1, -0.05) is 0 Å². The first-order valence-corrected chi connectivity index (χ1v) is 8.82. The number of fused-ring (bicyclic) bond motifs is 1. The average Bonchev–Trinajstić information content (AvgIpc) is 3.24. The molecule has 3 aromatic heterocycles. The number of thiophene rings is 1. The van der Waals surface area contributed by atoms with Crippen molar-refractivity contribution in [1.29, 1.82) is 0 Å². The van der Waals surface area contributed by atoms with E-state index in [1.54, 1.807) is 16.8 Å². The molecule has 6 nitrogen and oxygen atoms in total. The Morgan fingerprint density at radius 1 is 1.33 bits per heavy atom. The van der Waals surface area contributed by atoms with E-state index in [4.69, 9.17) is 11.6 Å². The fourth-order valence-corrected chi connectivity index (χ4v) is 3.29. The molecule has 0 saturated heterocycles. The third-order valence-corrected chi connectivity index (χ3v) is 4.83. The van der Waals surface area contributed by atoms with Crippen molar-refractivity contribution >= 4 is 40.8 Å². The number of nitrogens with zero attached hydrogens (tertiary/aromatic N) is 3. The summed E-state index contributed by atoms with van der Waals surface area (Å²) >= 11 is 6.98. The largest absolute Gasteiger partial charge is 0.351 e. The van der Waals surface area contributed by atoms with E-state index in [2.05, 4.69) is 15.4 Å². The van der Waals surface area contributed by atoms with Gasteiger partial charge in [-0.3, -0.25) is 9.59 Å². The number of unbranched alkanes of at least 4 members (excludes halogenated alkanes) is 1. The first kappa shape index (κ1) is 16.6. The topological polar surface area (TPSA) is 76.4 Å². The molecule has 3 aromatic rings. The number of carbonyl (C=O) groups excluding carboxylic acids is 2. The SMILES string of the molecule is O=Cc1cnn2ccc(-c3ccc(C(=O)NCCCCCl)s3)nc12. The van der Waals surface area contributed by atoms with E-state index in [1.807, 2.05) is 12.1 Å². The number of halogens is 1. The van der Waals surface area contributed by atoms with Crippen LogP contribution in [0.2, 0.25) is 0 Å². The molecule has 1 N–H and O–H groups in total. The van der Waals surface area contributed by atoms with Gasteiger partial charge in [0.2, 0.25) is 0 Å². The third-order valence-electron chi connectivity index (χ3n) is 3.45. The van der Waals surface area contributed by atoms with Crippen molar-refractivity contribution < 1.29 is 9.59 Å². The van der Waals surface area contributed by atoms with E-state index in [0.717, 1.165) is 24.0 Å². The Labute approximate surface area is 147 Å². The Bertz CT molecular complexity index is 874. The van der Waals surface area contributed by atoms with E-state index < -0.39 is 0 Å². The lowest BCUT2D eigenvalue weighted by Gasteiger charge is -2.02. The summed E-state index contributed by atoms with van der Waals surface area (Å²) in [7, 11) is 0. The Morgan fingerprint density at radius 3 is 3.00 bits per heavy atom. The summed E-state index contributed by atoms with van der Waals surface area (Å²) in [5.74, 6) is 0.504. The van der Waals surface area contributed by atoms with Gasteiger partial charge < -0.3 is 5.32 Å². The molecule has 24 heavy (non-hydrogen) atoms. The predicted molar refractivity (Wildman–Crippen MR) is 94.0 cm³/mol. The summed E-state index contributed by atoms with van der Waals surface area (Å²) in [6.07, 6.45) is 5.70. The van der Waals surface area contributed by atoms with Gasteiger partial charge in [-0.25, -0.2) is 9.50 Å². The summed E-state index contributed by atoms with van der Waals surface area (Å²) in [5.41, 5.74) is 1.64. The molecule has 0 aromatic carbocycles. The van der Waals surface area contributed by atoms with Crippen molar-refractivity contribution in [3.05, 3.63) is 41.0 Å². The molecule has 124 valence electrons. The molecule has 0 aliphatic heterocycles. The fourth-order valence-electron chi connectivity index (χ4n) is 2.21. The second kappa shape index (κ2) is 7.55. The van der Waals surface area contributed by atoms with Crippen LogP contribution in [-0.2, 0) is 0 Å². The van der Waals surface area contributed by atoms with Gasteiger partial charge in [0.1, 0.15) is 0 Å². The maximum Gasteiger partial charge on any atom is 0.261 e. The second-order valence-electron chi connectivity index (χ2n) is 5.11. The lowest BCUT2D eigenvalue weighted by molar-refractivity contribution is 0.0957. The summed E-state index contributed by atoms with van der Waals surface area (Å²) in [5, 5.41) is 6.93. The number of alkyl halides is 1. The molecular weight excluding hydrogens is 348 g/mol. The molecule has 0 aliphatic carbocycles. The van der Waals surface area contributed by atoms with Crippen molar-refractivity contribution in [3.63, 3.8) is 0 Å². The summed E-state index contributed by atoms with van der Waals surface area (Å²) < 4.78 is 1.55. The first-order valence-electron chi connectivity index (χ1n) is 7.47. The molecular formula is C16H15ClN4O2S. The summed E-state index contributed by atoms with van der Waals surface area (Å²) in [6, 6.07) is 5.44. The molecule has 3 heterocycles. The zero-order valence-corrected chi connectivity index (χ0v) is 14.3. The van der Waals surface area contributed by atoms with Crippen LogP contribution >= 0.6 is 22.9 Å². The molecule has 1 amide bonds. The molecule has 0 fully saturated rings. The molecule has 0 spiro atoms. The second-order valence-corrected chi connectivity index (χ2v) is 6.58. The van der Waals surface area contributed by atoms with Crippen molar-refractivity contribution in [2.24, 2.45) is 0 Å². The van der Waals surface area contributed by atoms with Crippen LogP contribution < -0.4 is 5.32 Å². The number of amides is 1. The van der Waals surface area contributed by atoms with E-state index in [-0.39, 0.29) is 5.91 Å². The highest BCUT2D eigenvalue weighted by Gasteiger charge is 2.12. The average molecular weight is 363 g/mol. The molecule has 0 bridgehead atoms. The van der Waals surface area contributed by atoms with Gasteiger partial charge in [0.05, 0.1) is 27.2 Å². The highest BCUT2D eigenvalue weighted by molar-refractivity contribution is 7.17. The van der Waals surface area contributed by atoms with E-state index >= 15 is 0 Å². The quantitative estimate of drug-likeness (QED) is 0.398. The maximum atomic E-state index is 12.1. The van der Waals surface area contributed by atoms with Gasteiger partial charge in [-0.05, 0) is 31.0 Å². The van der Waals surface area contributed by atoms with Crippen molar-refractivity contribution in [3.8, 4) is 10.6 Å². The predicted octanol–water partition coefficient (Wildman–Crippen LogP) is 3.02. The van der Waals surface area contributed by atoms with Crippen LogP contribution in [0.5, 0.6) is 0 Å². The van der Waals surface area contributed by atoms with Crippen LogP contribution in [0.3, 0.4) is 0 Å². The summed E-state index contributed by atoms with van der Waals surface area (Å²) in [4.78, 5) is 29.1. The highest BCUT2D eigenvalue weighted by atomic mass is 35.5. The number of nitrogens with one attached hydrogen (secondary N) is 1. The van der Waals surface area contributed by atoms with Crippen LogP contribution in [0, 0.1) is 0 Å². The Hall–Kier alpha value is -2.25. The van der Waals surface area contributed by atoms with Gasteiger partial charge in [0.15, 0.2) is 11.9 Å². The maximum absolute atomic E-state index is 12.1. The zero-order chi connectivity index (χ0) is 16.9. The minimum Gasteiger partial charge on any atom is -0.351 e. The standard InChI is InChI=1S/C16H15ClN4O2S/c17-6-1-2-7-18-16(23)14-4-3-13(24-14)12-5-8-21-15(20-12)11(10-22)9-19-21/h3-5,8-10H,1-2,6-7H2,(H,18,23). The van der Waals surface area contributed by atoms with E-state index in [1.165, 1.54) is 17.5 Å². The fraction of sp³-hybridized carbons (Fsp3) is 0.250.